The minimum Gasteiger partial charge on any atom is -0.497 e. The highest BCUT2D eigenvalue weighted by atomic mass is 32.2. The van der Waals surface area contributed by atoms with Crippen molar-refractivity contribution in [1.29, 1.82) is 0 Å². The first-order chi connectivity index (χ1) is 20.5. The maximum Gasteiger partial charge on any atom is 0.273 e. The third kappa shape index (κ3) is 7.80. The molecule has 0 aliphatic carbocycles. The third-order valence-corrected chi connectivity index (χ3v) is 8.60. The molecule has 0 heterocycles. The highest BCUT2D eigenvalue weighted by Gasteiger charge is 2.34. The first-order valence-corrected chi connectivity index (χ1v) is 15.0. The lowest BCUT2D eigenvalue weighted by Crippen LogP contribution is -2.52. The van der Waals surface area contributed by atoms with Crippen LogP contribution in [0.5, 0.6) is 11.5 Å². The summed E-state index contributed by atoms with van der Waals surface area (Å²) in [6.45, 7) is 4.68. The number of benzene rings is 3. The van der Waals surface area contributed by atoms with Gasteiger partial charge in [0, 0.05) is 24.7 Å². The standard InChI is InChI=1S/C30H36N4O8S/c1-6-27(30(36)31-7-2)32(19-22-9-8-10-25(17-22)42-5)29(35)20-33(23-12-14-24(41-4)15-13-23)43(39,40)26-16-11-21(3)28(18-26)34(37)38/h8-18,27H,6-7,19-20H2,1-5H3,(H,31,36)/t27-/m1/s1. The van der Waals surface area contributed by atoms with Crippen LogP contribution in [0, 0.1) is 17.0 Å². The fourth-order valence-corrected chi connectivity index (χ4v) is 5.96. The van der Waals surface area contributed by atoms with Crippen LogP contribution in [-0.4, -0.2) is 63.4 Å². The van der Waals surface area contributed by atoms with Gasteiger partial charge in [-0.25, -0.2) is 8.42 Å². The summed E-state index contributed by atoms with van der Waals surface area (Å²) in [4.78, 5) is 39.1. The second kappa shape index (κ2) is 14.5. The Hall–Kier alpha value is -4.65. The van der Waals surface area contributed by atoms with Crippen molar-refractivity contribution in [3.05, 3.63) is 88.0 Å². The number of sulfonamides is 1. The van der Waals surface area contributed by atoms with E-state index in [1.807, 2.05) is 0 Å². The Morgan fingerprint density at radius 1 is 0.977 bits per heavy atom. The lowest BCUT2D eigenvalue weighted by Gasteiger charge is -2.33. The molecule has 230 valence electrons. The normalized spacial score (nSPS) is 11.7. The summed E-state index contributed by atoms with van der Waals surface area (Å²) in [5.74, 6) is -0.0177. The van der Waals surface area contributed by atoms with Crippen LogP contribution >= 0.6 is 0 Å². The van der Waals surface area contributed by atoms with E-state index in [2.05, 4.69) is 5.32 Å². The van der Waals surface area contributed by atoms with E-state index in [1.54, 1.807) is 38.1 Å². The van der Waals surface area contributed by atoms with Crippen molar-refractivity contribution in [2.45, 2.75) is 44.7 Å². The largest absolute Gasteiger partial charge is 0.497 e. The monoisotopic (exact) mass is 612 g/mol. The van der Waals surface area contributed by atoms with Gasteiger partial charge in [0.05, 0.1) is 29.7 Å². The molecule has 12 nitrogen and oxygen atoms in total. The van der Waals surface area contributed by atoms with E-state index in [4.69, 9.17) is 9.47 Å². The summed E-state index contributed by atoms with van der Waals surface area (Å²) in [6, 6.07) is 15.7. The smallest absolute Gasteiger partial charge is 0.273 e. The van der Waals surface area contributed by atoms with Crippen LogP contribution in [0.15, 0.2) is 71.6 Å². The van der Waals surface area contributed by atoms with Gasteiger partial charge in [-0.2, -0.15) is 0 Å². The SMILES string of the molecule is CCNC(=O)[C@@H](CC)N(Cc1cccc(OC)c1)C(=O)CN(c1ccc(OC)cc1)S(=O)(=O)c1ccc(C)c([N+](=O)[O-])c1. The van der Waals surface area contributed by atoms with Crippen molar-refractivity contribution in [3.63, 3.8) is 0 Å². The summed E-state index contributed by atoms with van der Waals surface area (Å²) in [5, 5.41) is 14.3. The minimum atomic E-state index is -4.50. The minimum absolute atomic E-state index is 0.00181. The van der Waals surface area contributed by atoms with Gasteiger partial charge in [0.2, 0.25) is 11.8 Å². The van der Waals surface area contributed by atoms with Crippen LogP contribution in [-0.2, 0) is 26.2 Å². The molecule has 43 heavy (non-hydrogen) atoms. The molecule has 0 radical (unpaired) electrons. The van der Waals surface area contributed by atoms with Gasteiger partial charge < -0.3 is 19.7 Å². The molecule has 0 aliphatic heterocycles. The van der Waals surface area contributed by atoms with E-state index in [0.29, 0.717) is 23.6 Å². The second-order valence-corrected chi connectivity index (χ2v) is 11.5. The van der Waals surface area contributed by atoms with Crippen LogP contribution in [0.3, 0.4) is 0 Å². The fraction of sp³-hybridized carbons (Fsp3) is 0.333. The summed E-state index contributed by atoms with van der Waals surface area (Å²) < 4.78 is 39.5. The number of carbonyl (C=O) groups is 2. The van der Waals surface area contributed by atoms with Gasteiger partial charge in [-0.3, -0.25) is 24.0 Å². The first-order valence-electron chi connectivity index (χ1n) is 13.6. The van der Waals surface area contributed by atoms with E-state index in [9.17, 15) is 28.1 Å². The molecule has 0 spiro atoms. The molecular formula is C30H36N4O8S. The molecular weight excluding hydrogens is 576 g/mol. The Labute approximate surface area is 251 Å². The Morgan fingerprint density at radius 2 is 1.65 bits per heavy atom. The lowest BCUT2D eigenvalue weighted by molar-refractivity contribution is -0.385. The molecule has 0 unspecified atom stereocenters. The quantitative estimate of drug-likeness (QED) is 0.212. The Bertz CT molecular complexity index is 1560. The van der Waals surface area contributed by atoms with Crippen LogP contribution in [0.2, 0.25) is 0 Å². The molecule has 3 rings (SSSR count). The zero-order chi connectivity index (χ0) is 31.7. The number of hydrogen-bond donors (Lipinski definition) is 1. The van der Waals surface area contributed by atoms with Gasteiger partial charge in [0.15, 0.2) is 0 Å². The molecule has 0 fully saturated rings. The molecule has 3 aromatic carbocycles. The number of nitrogens with zero attached hydrogens (tertiary/aromatic N) is 3. The van der Waals surface area contributed by atoms with Crippen molar-refractivity contribution in [1.82, 2.24) is 10.2 Å². The van der Waals surface area contributed by atoms with E-state index in [1.165, 1.54) is 62.4 Å². The molecule has 0 bridgehead atoms. The number of methoxy groups -OCH3 is 2. The molecule has 0 aromatic heterocycles. The maximum atomic E-state index is 14.1. The van der Waals surface area contributed by atoms with Crippen LogP contribution in [0.25, 0.3) is 0 Å². The number of likely N-dealkylation sites (N-methyl/N-ethyl adjacent to an activating group) is 1. The number of carbonyl (C=O) groups excluding carboxylic acids is 2. The van der Waals surface area contributed by atoms with E-state index in [-0.39, 0.29) is 40.7 Å². The number of nitro groups is 1. The molecule has 0 aliphatic rings. The van der Waals surface area contributed by atoms with Gasteiger partial charge in [-0.15, -0.1) is 0 Å². The summed E-state index contributed by atoms with van der Waals surface area (Å²) in [5.41, 5.74) is 0.713. The Kier molecular flexibility index (Phi) is 11.1. The van der Waals surface area contributed by atoms with E-state index in [0.717, 1.165) is 10.4 Å². The molecule has 1 atom stereocenters. The number of anilines is 1. The summed E-state index contributed by atoms with van der Waals surface area (Å²) >= 11 is 0. The highest BCUT2D eigenvalue weighted by molar-refractivity contribution is 7.92. The zero-order valence-corrected chi connectivity index (χ0v) is 25.6. The molecule has 1 N–H and O–H groups in total. The number of rotatable bonds is 14. The van der Waals surface area contributed by atoms with Crippen molar-refractivity contribution in [3.8, 4) is 11.5 Å². The van der Waals surface area contributed by atoms with Crippen molar-refractivity contribution < 1.29 is 32.4 Å². The highest BCUT2D eigenvalue weighted by Crippen LogP contribution is 2.30. The lowest BCUT2D eigenvalue weighted by atomic mass is 10.1. The maximum absolute atomic E-state index is 14.1. The van der Waals surface area contributed by atoms with Gasteiger partial charge in [0.25, 0.3) is 15.7 Å². The number of amides is 2. The Morgan fingerprint density at radius 3 is 2.23 bits per heavy atom. The topological polar surface area (TPSA) is 148 Å². The fourth-order valence-electron chi connectivity index (χ4n) is 4.53. The van der Waals surface area contributed by atoms with Crippen LogP contribution in [0.1, 0.15) is 31.4 Å². The number of nitro benzene ring substituents is 1. The van der Waals surface area contributed by atoms with Crippen LogP contribution < -0.4 is 19.1 Å². The van der Waals surface area contributed by atoms with Crippen molar-refractivity contribution in [2.75, 3.05) is 31.6 Å². The number of ether oxygens (including phenoxy) is 2. The molecule has 0 saturated heterocycles. The molecule has 13 heteroatoms. The Balaban J connectivity index is 2.12. The predicted octanol–water partition coefficient (Wildman–Crippen LogP) is 4.06. The van der Waals surface area contributed by atoms with Crippen molar-refractivity contribution >= 4 is 33.2 Å². The average Bonchev–Trinajstić information content (AvgIpc) is 2.99. The summed E-state index contributed by atoms with van der Waals surface area (Å²) in [7, 11) is -1.53. The zero-order valence-electron chi connectivity index (χ0n) is 24.8. The van der Waals surface area contributed by atoms with Crippen molar-refractivity contribution in [2.24, 2.45) is 0 Å². The van der Waals surface area contributed by atoms with Crippen LogP contribution in [0.4, 0.5) is 11.4 Å². The van der Waals surface area contributed by atoms with Gasteiger partial charge >= 0.3 is 0 Å². The van der Waals surface area contributed by atoms with Gasteiger partial charge in [-0.1, -0.05) is 25.1 Å². The number of hydrogen-bond acceptors (Lipinski definition) is 8. The average molecular weight is 613 g/mol. The summed E-state index contributed by atoms with van der Waals surface area (Å²) in [6.07, 6.45) is 0.265. The van der Waals surface area contributed by atoms with E-state index < -0.39 is 33.4 Å². The first kappa shape index (κ1) is 32.9. The number of aryl methyl sites for hydroxylation is 1. The predicted molar refractivity (Wildman–Crippen MR) is 162 cm³/mol. The van der Waals surface area contributed by atoms with Gasteiger partial charge in [-0.05, 0) is 68.3 Å². The molecule has 2 amide bonds. The van der Waals surface area contributed by atoms with Gasteiger partial charge in [0.1, 0.15) is 24.1 Å². The van der Waals surface area contributed by atoms with E-state index >= 15 is 0 Å². The second-order valence-electron chi connectivity index (χ2n) is 9.61. The third-order valence-electron chi connectivity index (χ3n) is 6.83. The molecule has 3 aromatic rings. The molecule has 0 saturated carbocycles. The number of nitrogens with one attached hydrogen (secondary N) is 1.